The summed E-state index contributed by atoms with van der Waals surface area (Å²) in [6.45, 7) is 2.07. The molecule has 0 fully saturated rings. The number of hydrogen-bond acceptors (Lipinski definition) is 3. The zero-order chi connectivity index (χ0) is 14.8. The lowest BCUT2D eigenvalue weighted by Crippen LogP contribution is -2.30. The second-order valence-corrected chi connectivity index (χ2v) is 6.52. The molecule has 0 atom stereocenters. The molecule has 0 radical (unpaired) electrons. The average Bonchev–Trinajstić information content (AvgIpc) is 2.39. The van der Waals surface area contributed by atoms with Crippen molar-refractivity contribution < 1.29 is 8.42 Å². The molecule has 2 N–H and O–H groups in total. The molecule has 0 saturated carbocycles. The molecule has 0 amide bonds. The zero-order valence-electron chi connectivity index (χ0n) is 11.0. The molecule has 2 aromatic carbocycles. The Bertz CT molecular complexity index is 717. The van der Waals surface area contributed by atoms with Crippen LogP contribution in [0.4, 0.5) is 11.4 Å². The van der Waals surface area contributed by atoms with Gasteiger partial charge in [-0.2, -0.15) is 0 Å². The number of halogens is 1. The van der Waals surface area contributed by atoms with Crippen LogP contribution in [0.1, 0.15) is 6.92 Å². The Balaban J connectivity index is 2.50. The SMILES string of the molecule is CCN(c1cccc(N)c1)S(=O)(=O)c1cccc(Cl)c1. The van der Waals surface area contributed by atoms with Crippen LogP contribution in [-0.2, 0) is 10.0 Å². The molecule has 2 aromatic rings. The van der Waals surface area contributed by atoms with Crippen LogP contribution in [0.15, 0.2) is 53.4 Å². The summed E-state index contributed by atoms with van der Waals surface area (Å²) in [5.41, 5.74) is 6.77. The predicted molar refractivity (Wildman–Crippen MR) is 82.5 cm³/mol. The summed E-state index contributed by atoms with van der Waals surface area (Å²) in [5, 5.41) is 0.384. The molecular weight excluding hydrogens is 296 g/mol. The van der Waals surface area contributed by atoms with Gasteiger partial charge in [-0.1, -0.05) is 23.7 Å². The van der Waals surface area contributed by atoms with Crippen molar-refractivity contribution in [2.75, 3.05) is 16.6 Å². The van der Waals surface area contributed by atoms with E-state index in [1.165, 1.54) is 16.4 Å². The summed E-state index contributed by atoms with van der Waals surface area (Å²) in [7, 11) is -3.65. The number of benzene rings is 2. The molecule has 0 aromatic heterocycles. The third-order valence-corrected chi connectivity index (χ3v) is 4.96. The van der Waals surface area contributed by atoms with Gasteiger partial charge in [0.2, 0.25) is 0 Å². The molecule has 6 heteroatoms. The normalized spacial score (nSPS) is 11.3. The van der Waals surface area contributed by atoms with Crippen molar-refractivity contribution >= 4 is 33.0 Å². The second kappa shape index (κ2) is 5.73. The quantitative estimate of drug-likeness (QED) is 0.882. The summed E-state index contributed by atoms with van der Waals surface area (Å²) >= 11 is 5.87. The van der Waals surface area contributed by atoms with Crippen molar-refractivity contribution in [1.29, 1.82) is 0 Å². The van der Waals surface area contributed by atoms with Crippen molar-refractivity contribution in [3.8, 4) is 0 Å². The first-order chi connectivity index (χ1) is 9.45. The van der Waals surface area contributed by atoms with Gasteiger partial charge in [-0.3, -0.25) is 4.31 Å². The number of rotatable bonds is 4. The van der Waals surface area contributed by atoms with E-state index in [2.05, 4.69) is 0 Å². The summed E-state index contributed by atoms with van der Waals surface area (Å²) < 4.78 is 26.6. The largest absolute Gasteiger partial charge is 0.399 e. The monoisotopic (exact) mass is 310 g/mol. The van der Waals surface area contributed by atoms with E-state index in [0.717, 1.165) is 0 Å². The van der Waals surface area contributed by atoms with Crippen molar-refractivity contribution in [1.82, 2.24) is 0 Å². The Morgan fingerprint density at radius 3 is 2.45 bits per heavy atom. The van der Waals surface area contributed by atoms with E-state index in [0.29, 0.717) is 22.9 Å². The Morgan fingerprint density at radius 1 is 1.15 bits per heavy atom. The molecule has 20 heavy (non-hydrogen) atoms. The number of nitrogens with two attached hydrogens (primary N) is 1. The van der Waals surface area contributed by atoms with Gasteiger partial charge in [-0.05, 0) is 43.3 Å². The van der Waals surface area contributed by atoms with Crippen molar-refractivity contribution in [3.63, 3.8) is 0 Å². The van der Waals surface area contributed by atoms with Crippen molar-refractivity contribution in [2.45, 2.75) is 11.8 Å². The minimum Gasteiger partial charge on any atom is -0.399 e. The summed E-state index contributed by atoms with van der Waals surface area (Å²) in [5.74, 6) is 0. The third-order valence-electron chi connectivity index (χ3n) is 2.83. The first-order valence-corrected chi connectivity index (χ1v) is 7.91. The Morgan fingerprint density at radius 2 is 1.85 bits per heavy atom. The molecule has 0 heterocycles. The standard InChI is InChI=1S/C14H15ClN2O2S/c1-2-17(13-7-4-6-12(16)10-13)20(18,19)14-8-3-5-11(15)9-14/h3-10H,2,16H2,1H3. The topological polar surface area (TPSA) is 63.4 Å². The summed E-state index contributed by atoms with van der Waals surface area (Å²) in [6.07, 6.45) is 0. The van der Waals surface area contributed by atoms with Crippen LogP contribution in [0.5, 0.6) is 0 Å². The first kappa shape index (κ1) is 14.7. The smallest absolute Gasteiger partial charge is 0.264 e. The van der Waals surface area contributed by atoms with Crippen LogP contribution in [0.2, 0.25) is 5.02 Å². The van der Waals surface area contributed by atoms with Crippen molar-refractivity contribution in [3.05, 3.63) is 53.6 Å². The number of sulfonamides is 1. The Labute approximate surface area is 123 Å². The molecular formula is C14H15ClN2O2S. The molecule has 0 aliphatic heterocycles. The number of hydrogen-bond donors (Lipinski definition) is 1. The van der Waals surface area contributed by atoms with E-state index < -0.39 is 10.0 Å². The highest BCUT2D eigenvalue weighted by molar-refractivity contribution is 7.92. The maximum absolute atomic E-state index is 12.7. The van der Waals surface area contributed by atoms with Crippen LogP contribution in [0.3, 0.4) is 0 Å². The van der Waals surface area contributed by atoms with Gasteiger partial charge in [0.25, 0.3) is 10.0 Å². The maximum Gasteiger partial charge on any atom is 0.264 e. The van der Waals surface area contributed by atoms with E-state index >= 15 is 0 Å². The first-order valence-electron chi connectivity index (χ1n) is 6.09. The molecule has 2 rings (SSSR count). The summed E-state index contributed by atoms with van der Waals surface area (Å²) in [4.78, 5) is 0.161. The van der Waals surface area contributed by atoms with Crippen LogP contribution < -0.4 is 10.0 Å². The van der Waals surface area contributed by atoms with Gasteiger partial charge < -0.3 is 5.73 Å². The fourth-order valence-corrected chi connectivity index (χ4v) is 3.69. The van der Waals surface area contributed by atoms with Gasteiger partial charge in [0.15, 0.2) is 0 Å². The van der Waals surface area contributed by atoms with Gasteiger partial charge in [0.05, 0.1) is 10.6 Å². The highest BCUT2D eigenvalue weighted by atomic mass is 35.5. The van der Waals surface area contributed by atoms with E-state index in [4.69, 9.17) is 17.3 Å². The summed E-state index contributed by atoms with van der Waals surface area (Å²) in [6, 6.07) is 13.0. The minimum absolute atomic E-state index is 0.161. The van der Waals surface area contributed by atoms with Crippen LogP contribution >= 0.6 is 11.6 Å². The molecule has 4 nitrogen and oxygen atoms in total. The van der Waals surface area contributed by atoms with Gasteiger partial charge in [-0.15, -0.1) is 0 Å². The van der Waals surface area contributed by atoms with Crippen LogP contribution in [0.25, 0.3) is 0 Å². The highest BCUT2D eigenvalue weighted by Crippen LogP contribution is 2.26. The van der Waals surface area contributed by atoms with Gasteiger partial charge >= 0.3 is 0 Å². The van der Waals surface area contributed by atoms with Gasteiger partial charge in [0, 0.05) is 17.3 Å². The third kappa shape index (κ3) is 2.89. The predicted octanol–water partition coefficient (Wildman–Crippen LogP) is 3.14. The van der Waals surface area contributed by atoms with Gasteiger partial charge in [0.1, 0.15) is 0 Å². The molecule has 0 saturated heterocycles. The van der Waals surface area contributed by atoms with Crippen LogP contribution in [-0.4, -0.2) is 15.0 Å². The average molecular weight is 311 g/mol. The minimum atomic E-state index is -3.65. The van der Waals surface area contributed by atoms with Crippen LogP contribution in [0, 0.1) is 0 Å². The van der Waals surface area contributed by atoms with E-state index in [1.54, 1.807) is 43.3 Å². The van der Waals surface area contributed by atoms with E-state index in [9.17, 15) is 8.42 Å². The lowest BCUT2D eigenvalue weighted by molar-refractivity contribution is 0.592. The number of anilines is 2. The van der Waals surface area contributed by atoms with E-state index in [1.807, 2.05) is 0 Å². The Hall–Kier alpha value is -1.72. The molecule has 106 valence electrons. The molecule has 0 bridgehead atoms. The fourth-order valence-electron chi connectivity index (χ4n) is 1.93. The zero-order valence-corrected chi connectivity index (χ0v) is 12.5. The highest BCUT2D eigenvalue weighted by Gasteiger charge is 2.23. The second-order valence-electron chi connectivity index (χ2n) is 4.22. The lowest BCUT2D eigenvalue weighted by atomic mass is 10.3. The molecule has 0 aliphatic rings. The number of nitrogens with zero attached hydrogens (tertiary/aromatic N) is 1. The fraction of sp³-hybridized carbons (Fsp3) is 0.143. The molecule has 0 aliphatic carbocycles. The van der Waals surface area contributed by atoms with Gasteiger partial charge in [-0.25, -0.2) is 8.42 Å². The number of nitrogen functional groups attached to an aromatic ring is 1. The lowest BCUT2D eigenvalue weighted by Gasteiger charge is -2.23. The Kier molecular flexibility index (Phi) is 4.20. The molecule has 0 unspecified atom stereocenters. The van der Waals surface area contributed by atoms with Crippen molar-refractivity contribution in [2.24, 2.45) is 0 Å². The van der Waals surface area contributed by atoms with E-state index in [-0.39, 0.29) is 4.90 Å². The maximum atomic E-state index is 12.7. The molecule has 0 spiro atoms.